The smallest absolute Gasteiger partial charge is 0.268 e. The third kappa shape index (κ3) is 1.73. The summed E-state index contributed by atoms with van der Waals surface area (Å²) < 4.78 is 6.59. The maximum Gasteiger partial charge on any atom is 0.268 e. The van der Waals surface area contributed by atoms with Crippen LogP contribution in [-0.2, 0) is 4.74 Å². The largest absolute Gasteiger partial charge is 0.379 e. The number of halogens is 1. The molecule has 1 aromatic rings. The fraction of sp³-hybridized carbons (Fsp3) is 0.500. The minimum atomic E-state index is -0.164. The third-order valence-corrected chi connectivity index (χ3v) is 2.25. The lowest BCUT2D eigenvalue weighted by Crippen LogP contribution is -2.26. The van der Waals surface area contributed by atoms with E-state index in [1.807, 2.05) is 0 Å². The van der Waals surface area contributed by atoms with Crippen LogP contribution in [0.3, 0.4) is 0 Å². The molecule has 0 radical (unpaired) electrons. The van der Waals surface area contributed by atoms with Gasteiger partial charge in [-0.2, -0.15) is 5.10 Å². The molecule has 0 amide bonds. The Morgan fingerprint density at radius 3 is 3.15 bits per heavy atom. The Bertz CT molecular complexity index is 357. The number of ether oxygens (including phenoxy) is 1. The molecule has 1 fully saturated rings. The fourth-order valence-corrected chi connectivity index (χ4v) is 1.52. The third-order valence-electron chi connectivity index (χ3n) is 2.04. The van der Waals surface area contributed by atoms with Gasteiger partial charge in [-0.25, -0.2) is 4.68 Å². The standard InChI is InChI=1S/C8H9ClN2O2/c9-6-3-8(12)11(10-4-6)7-1-2-13-5-7/h3-4,7H,1-2,5H2. The summed E-state index contributed by atoms with van der Waals surface area (Å²) in [6.45, 7) is 1.26. The fourth-order valence-electron chi connectivity index (χ4n) is 1.38. The van der Waals surface area contributed by atoms with Crippen molar-refractivity contribution >= 4 is 11.6 Å². The highest BCUT2D eigenvalue weighted by Crippen LogP contribution is 2.15. The van der Waals surface area contributed by atoms with E-state index < -0.39 is 0 Å². The lowest BCUT2D eigenvalue weighted by Gasteiger charge is -2.08. The average Bonchev–Trinajstić information content (AvgIpc) is 2.56. The number of aromatic nitrogens is 2. The predicted molar refractivity (Wildman–Crippen MR) is 48.0 cm³/mol. The molecule has 0 bridgehead atoms. The van der Waals surface area contributed by atoms with Gasteiger partial charge in [0.2, 0.25) is 0 Å². The van der Waals surface area contributed by atoms with Gasteiger partial charge in [0.1, 0.15) is 0 Å². The molecule has 1 saturated heterocycles. The molecule has 1 atom stereocenters. The van der Waals surface area contributed by atoms with Crippen molar-refractivity contribution in [1.29, 1.82) is 0 Å². The lowest BCUT2D eigenvalue weighted by molar-refractivity contribution is 0.183. The molecular formula is C8H9ClN2O2. The molecule has 1 aliphatic rings. The summed E-state index contributed by atoms with van der Waals surface area (Å²) in [5.74, 6) is 0. The van der Waals surface area contributed by atoms with Gasteiger partial charge in [0.05, 0.1) is 23.9 Å². The zero-order valence-electron chi connectivity index (χ0n) is 6.94. The van der Waals surface area contributed by atoms with E-state index in [2.05, 4.69) is 5.10 Å². The Kier molecular flexibility index (Phi) is 2.33. The van der Waals surface area contributed by atoms with E-state index in [-0.39, 0.29) is 11.6 Å². The topological polar surface area (TPSA) is 44.1 Å². The van der Waals surface area contributed by atoms with Crippen LogP contribution < -0.4 is 5.56 Å². The first-order valence-corrected chi connectivity index (χ1v) is 4.47. The van der Waals surface area contributed by atoms with Gasteiger partial charge in [-0.15, -0.1) is 0 Å². The Morgan fingerprint density at radius 1 is 1.69 bits per heavy atom. The second-order valence-corrected chi connectivity index (χ2v) is 3.41. The van der Waals surface area contributed by atoms with E-state index in [9.17, 15) is 4.79 Å². The molecule has 0 aromatic carbocycles. The molecule has 0 saturated carbocycles. The van der Waals surface area contributed by atoms with Gasteiger partial charge >= 0.3 is 0 Å². The van der Waals surface area contributed by atoms with Crippen LogP contribution in [0.4, 0.5) is 0 Å². The van der Waals surface area contributed by atoms with Gasteiger partial charge in [0.25, 0.3) is 5.56 Å². The molecule has 2 rings (SSSR count). The van der Waals surface area contributed by atoms with Crippen molar-refractivity contribution in [2.45, 2.75) is 12.5 Å². The lowest BCUT2D eigenvalue weighted by atomic mass is 10.3. The molecule has 0 aliphatic carbocycles. The molecule has 1 unspecified atom stereocenters. The molecule has 2 heterocycles. The van der Waals surface area contributed by atoms with Crippen LogP contribution >= 0.6 is 11.6 Å². The highest BCUT2D eigenvalue weighted by molar-refractivity contribution is 6.30. The predicted octanol–water partition coefficient (Wildman–Crippen LogP) is 0.858. The first-order chi connectivity index (χ1) is 6.27. The highest BCUT2D eigenvalue weighted by Gasteiger charge is 2.19. The maximum atomic E-state index is 11.4. The van der Waals surface area contributed by atoms with Gasteiger partial charge < -0.3 is 4.74 Å². The minimum Gasteiger partial charge on any atom is -0.379 e. The summed E-state index contributed by atoms with van der Waals surface area (Å²) in [6, 6.07) is 1.44. The second-order valence-electron chi connectivity index (χ2n) is 2.97. The zero-order chi connectivity index (χ0) is 9.26. The normalized spacial score (nSPS) is 22.1. The second kappa shape index (κ2) is 3.47. The molecule has 1 aliphatic heterocycles. The van der Waals surface area contributed by atoms with Crippen LogP contribution in [0.2, 0.25) is 5.02 Å². The van der Waals surface area contributed by atoms with Crippen molar-refractivity contribution in [1.82, 2.24) is 9.78 Å². The van der Waals surface area contributed by atoms with Crippen LogP contribution in [0.15, 0.2) is 17.1 Å². The highest BCUT2D eigenvalue weighted by atomic mass is 35.5. The Morgan fingerprint density at radius 2 is 2.54 bits per heavy atom. The summed E-state index contributed by atoms with van der Waals surface area (Å²) in [4.78, 5) is 11.4. The van der Waals surface area contributed by atoms with Gasteiger partial charge in [0.15, 0.2) is 0 Å². The van der Waals surface area contributed by atoms with Crippen molar-refractivity contribution in [2.24, 2.45) is 0 Å². The van der Waals surface area contributed by atoms with Crippen molar-refractivity contribution in [3.05, 3.63) is 27.6 Å². The van der Waals surface area contributed by atoms with E-state index >= 15 is 0 Å². The quantitative estimate of drug-likeness (QED) is 0.676. The minimum absolute atomic E-state index is 0.0739. The Balaban J connectivity index is 2.34. The van der Waals surface area contributed by atoms with E-state index in [4.69, 9.17) is 16.3 Å². The van der Waals surface area contributed by atoms with Crippen molar-refractivity contribution in [2.75, 3.05) is 13.2 Å². The van der Waals surface area contributed by atoms with Crippen LogP contribution in [0.1, 0.15) is 12.5 Å². The monoisotopic (exact) mass is 200 g/mol. The number of hydrogen-bond acceptors (Lipinski definition) is 3. The summed E-state index contributed by atoms with van der Waals surface area (Å²) >= 11 is 5.62. The molecule has 4 nitrogen and oxygen atoms in total. The van der Waals surface area contributed by atoms with Gasteiger partial charge in [-0.1, -0.05) is 11.6 Å². The molecule has 1 aromatic heterocycles. The van der Waals surface area contributed by atoms with E-state index in [0.29, 0.717) is 18.2 Å². The van der Waals surface area contributed by atoms with E-state index in [0.717, 1.165) is 6.42 Å². The number of rotatable bonds is 1. The van der Waals surface area contributed by atoms with Gasteiger partial charge in [0, 0.05) is 12.7 Å². The average molecular weight is 201 g/mol. The van der Waals surface area contributed by atoms with Crippen molar-refractivity contribution < 1.29 is 4.74 Å². The zero-order valence-corrected chi connectivity index (χ0v) is 7.70. The summed E-state index contributed by atoms with van der Waals surface area (Å²) in [7, 11) is 0. The first-order valence-electron chi connectivity index (χ1n) is 4.09. The summed E-state index contributed by atoms with van der Waals surface area (Å²) in [5, 5.41) is 4.33. The summed E-state index contributed by atoms with van der Waals surface area (Å²) in [6.07, 6.45) is 2.32. The van der Waals surface area contributed by atoms with Crippen LogP contribution in [0.25, 0.3) is 0 Å². The molecule has 0 N–H and O–H groups in total. The Labute approximate surface area is 80.1 Å². The first kappa shape index (κ1) is 8.72. The van der Waals surface area contributed by atoms with E-state index in [1.54, 1.807) is 0 Å². The van der Waals surface area contributed by atoms with Gasteiger partial charge in [-0.3, -0.25) is 4.79 Å². The summed E-state index contributed by atoms with van der Waals surface area (Å²) in [5.41, 5.74) is -0.164. The molecule has 0 spiro atoms. The van der Waals surface area contributed by atoms with Crippen molar-refractivity contribution in [3.63, 3.8) is 0 Å². The SMILES string of the molecule is O=c1cc(Cl)cnn1C1CCOC1. The molecular weight excluding hydrogens is 192 g/mol. The molecule has 5 heteroatoms. The van der Waals surface area contributed by atoms with Gasteiger partial charge in [-0.05, 0) is 6.42 Å². The van der Waals surface area contributed by atoms with Crippen molar-refractivity contribution in [3.8, 4) is 0 Å². The molecule has 13 heavy (non-hydrogen) atoms. The van der Waals surface area contributed by atoms with Crippen LogP contribution in [0.5, 0.6) is 0 Å². The number of hydrogen-bond donors (Lipinski definition) is 0. The van der Waals surface area contributed by atoms with Crippen LogP contribution in [-0.4, -0.2) is 23.0 Å². The van der Waals surface area contributed by atoms with E-state index in [1.165, 1.54) is 16.9 Å². The number of nitrogens with zero attached hydrogens (tertiary/aromatic N) is 2. The maximum absolute atomic E-state index is 11.4. The molecule has 70 valence electrons. The Hall–Kier alpha value is -0.870. The van der Waals surface area contributed by atoms with Crippen LogP contribution in [0, 0.1) is 0 Å².